The number of fused-ring (bicyclic) bond motifs is 1. The molecule has 0 fully saturated rings. The Hall–Kier alpha value is -3.33. The first-order valence-corrected chi connectivity index (χ1v) is 12.6. The van der Waals surface area contributed by atoms with E-state index in [4.69, 9.17) is 9.47 Å². The molecule has 4 rings (SSSR count). The molecule has 35 heavy (non-hydrogen) atoms. The summed E-state index contributed by atoms with van der Waals surface area (Å²) in [6.45, 7) is 8.99. The van der Waals surface area contributed by atoms with E-state index in [1.165, 1.54) is 6.33 Å². The fourth-order valence-electron chi connectivity index (χ4n) is 4.08. The predicted molar refractivity (Wildman–Crippen MR) is 140 cm³/mol. The topological polar surface area (TPSA) is 90.3 Å². The van der Waals surface area contributed by atoms with E-state index in [2.05, 4.69) is 43.6 Å². The van der Waals surface area contributed by atoms with Crippen molar-refractivity contribution >= 4 is 33.5 Å². The Morgan fingerprint density at radius 3 is 2.77 bits per heavy atom. The van der Waals surface area contributed by atoms with Crippen LogP contribution in [-0.2, 0) is 4.79 Å². The van der Waals surface area contributed by atoms with Gasteiger partial charge in [-0.2, -0.15) is 10.1 Å². The van der Waals surface area contributed by atoms with E-state index in [9.17, 15) is 4.79 Å². The normalized spacial score (nSPS) is 14.8. The summed E-state index contributed by atoms with van der Waals surface area (Å²) in [5, 5.41) is 10.7. The van der Waals surface area contributed by atoms with Gasteiger partial charge in [0.1, 0.15) is 12.4 Å². The quantitative estimate of drug-likeness (QED) is 0.331. The molecular weight excluding hydrogens is 510 g/mol. The molecule has 8 nitrogen and oxygen atoms in total. The molecule has 3 aromatic rings. The number of nitrogens with zero attached hydrogens (tertiary/aromatic N) is 3. The average Bonchev–Trinajstić information content (AvgIpc) is 3.28. The van der Waals surface area contributed by atoms with Gasteiger partial charge in [-0.1, -0.05) is 25.5 Å². The van der Waals surface area contributed by atoms with Crippen molar-refractivity contribution in [3.8, 4) is 11.5 Å². The van der Waals surface area contributed by atoms with Crippen LogP contribution in [0.2, 0.25) is 0 Å². The highest BCUT2D eigenvalue weighted by Gasteiger charge is 2.34. The van der Waals surface area contributed by atoms with Crippen LogP contribution in [0, 0.1) is 6.92 Å². The molecule has 1 amide bonds. The van der Waals surface area contributed by atoms with Gasteiger partial charge in [-0.05, 0) is 78.5 Å². The number of halogens is 1. The third kappa shape index (κ3) is 5.35. The van der Waals surface area contributed by atoms with Crippen molar-refractivity contribution in [2.24, 2.45) is 0 Å². The van der Waals surface area contributed by atoms with Crippen molar-refractivity contribution in [1.82, 2.24) is 14.8 Å². The number of aryl methyl sites for hydroxylation is 1. The van der Waals surface area contributed by atoms with Crippen LogP contribution in [0.1, 0.15) is 50.8 Å². The van der Waals surface area contributed by atoms with Crippen LogP contribution in [0.4, 0.5) is 11.6 Å². The maximum atomic E-state index is 13.6. The molecule has 0 saturated heterocycles. The van der Waals surface area contributed by atoms with Crippen molar-refractivity contribution in [2.45, 2.75) is 46.6 Å². The number of anilines is 2. The number of rotatable bonds is 9. The SMILES string of the molecule is CCCCOc1c(Br)cc(C2C(C(=O)Nc3cccc(C)c3)=C(C)Nc3ncnn32)cc1OCC. The van der Waals surface area contributed by atoms with Crippen molar-refractivity contribution < 1.29 is 14.3 Å². The van der Waals surface area contributed by atoms with Crippen molar-refractivity contribution in [3.63, 3.8) is 0 Å². The van der Waals surface area contributed by atoms with Gasteiger partial charge in [0.2, 0.25) is 5.95 Å². The lowest BCUT2D eigenvalue weighted by Crippen LogP contribution is -2.31. The Bertz CT molecular complexity index is 1250. The smallest absolute Gasteiger partial charge is 0.255 e. The van der Waals surface area contributed by atoms with E-state index in [0.717, 1.165) is 34.1 Å². The standard InChI is InChI=1S/C26H30BrN5O3/c1-5-7-11-35-24-20(27)13-18(14-21(24)34-6-2)23-22(17(4)30-26-28-15-29-32(23)26)25(33)31-19-10-8-9-16(3)12-19/h8-10,12-15,23H,5-7,11H2,1-4H3,(H,31,33)(H,28,29,30). The molecule has 0 bridgehead atoms. The van der Waals surface area contributed by atoms with E-state index in [0.29, 0.717) is 41.9 Å². The molecule has 0 spiro atoms. The van der Waals surface area contributed by atoms with Crippen molar-refractivity contribution in [1.29, 1.82) is 0 Å². The molecule has 2 aromatic carbocycles. The Morgan fingerprint density at radius 2 is 2.03 bits per heavy atom. The zero-order chi connectivity index (χ0) is 24.9. The first-order valence-electron chi connectivity index (χ1n) is 11.8. The highest BCUT2D eigenvalue weighted by atomic mass is 79.9. The second-order valence-corrected chi connectivity index (χ2v) is 9.24. The lowest BCUT2D eigenvalue weighted by molar-refractivity contribution is -0.113. The summed E-state index contributed by atoms with van der Waals surface area (Å²) >= 11 is 3.67. The molecule has 9 heteroatoms. The number of ether oxygens (including phenoxy) is 2. The molecule has 1 aromatic heterocycles. The van der Waals surface area contributed by atoms with Gasteiger partial charge in [0.15, 0.2) is 11.5 Å². The summed E-state index contributed by atoms with van der Waals surface area (Å²) in [4.78, 5) is 17.9. The molecule has 184 valence electrons. The maximum Gasteiger partial charge on any atom is 0.255 e. The summed E-state index contributed by atoms with van der Waals surface area (Å²) in [6, 6.07) is 11.1. The zero-order valence-corrected chi connectivity index (χ0v) is 22.0. The highest BCUT2D eigenvalue weighted by Crippen LogP contribution is 2.43. The lowest BCUT2D eigenvalue weighted by Gasteiger charge is -2.29. The van der Waals surface area contributed by atoms with Crippen LogP contribution in [0.25, 0.3) is 0 Å². The summed E-state index contributed by atoms with van der Waals surface area (Å²) in [5.74, 6) is 1.62. The van der Waals surface area contributed by atoms with E-state index >= 15 is 0 Å². The molecule has 0 saturated carbocycles. The minimum absolute atomic E-state index is 0.218. The third-order valence-electron chi connectivity index (χ3n) is 5.71. The Balaban J connectivity index is 1.77. The van der Waals surface area contributed by atoms with Crippen LogP contribution >= 0.6 is 15.9 Å². The van der Waals surface area contributed by atoms with Crippen LogP contribution in [0.5, 0.6) is 11.5 Å². The van der Waals surface area contributed by atoms with Gasteiger partial charge in [-0.15, -0.1) is 0 Å². The van der Waals surface area contributed by atoms with E-state index in [1.54, 1.807) is 4.68 Å². The summed E-state index contributed by atoms with van der Waals surface area (Å²) in [6.07, 6.45) is 3.46. The molecular formula is C26H30BrN5O3. The van der Waals surface area contributed by atoms with Crippen molar-refractivity contribution in [3.05, 3.63) is 69.6 Å². The van der Waals surface area contributed by atoms with Gasteiger partial charge in [-0.25, -0.2) is 4.68 Å². The molecule has 2 N–H and O–H groups in total. The van der Waals surface area contributed by atoms with Gasteiger partial charge in [0.05, 0.1) is 23.3 Å². The number of carbonyl (C=O) groups is 1. The fourth-order valence-corrected chi connectivity index (χ4v) is 4.66. The summed E-state index contributed by atoms with van der Waals surface area (Å²) in [5.41, 5.74) is 3.87. The number of carbonyl (C=O) groups excluding carboxylic acids is 1. The van der Waals surface area contributed by atoms with Gasteiger partial charge < -0.3 is 20.1 Å². The predicted octanol–water partition coefficient (Wildman–Crippen LogP) is 5.85. The van der Waals surface area contributed by atoms with Gasteiger partial charge in [0.25, 0.3) is 5.91 Å². The Labute approximate surface area is 213 Å². The second-order valence-electron chi connectivity index (χ2n) is 8.38. The number of amides is 1. The number of aromatic nitrogens is 3. The first-order chi connectivity index (χ1) is 16.9. The number of benzene rings is 2. The number of hydrogen-bond donors (Lipinski definition) is 2. The molecule has 1 aliphatic rings. The van der Waals surface area contributed by atoms with Crippen molar-refractivity contribution in [2.75, 3.05) is 23.8 Å². The van der Waals surface area contributed by atoms with Crippen LogP contribution in [0.3, 0.4) is 0 Å². The number of hydrogen-bond acceptors (Lipinski definition) is 6. The summed E-state index contributed by atoms with van der Waals surface area (Å²) in [7, 11) is 0. The van der Waals surface area contributed by atoms with E-state index < -0.39 is 6.04 Å². The fraction of sp³-hybridized carbons (Fsp3) is 0.346. The van der Waals surface area contributed by atoms with Crippen LogP contribution in [-0.4, -0.2) is 33.9 Å². The van der Waals surface area contributed by atoms with Crippen LogP contribution in [0.15, 0.2) is 58.5 Å². The van der Waals surface area contributed by atoms with Crippen LogP contribution < -0.4 is 20.1 Å². The van der Waals surface area contributed by atoms with Gasteiger partial charge in [0, 0.05) is 11.4 Å². The minimum Gasteiger partial charge on any atom is -0.490 e. The third-order valence-corrected chi connectivity index (χ3v) is 6.30. The highest BCUT2D eigenvalue weighted by molar-refractivity contribution is 9.10. The molecule has 1 unspecified atom stereocenters. The first kappa shape index (κ1) is 24.8. The van der Waals surface area contributed by atoms with Gasteiger partial charge >= 0.3 is 0 Å². The summed E-state index contributed by atoms with van der Waals surface area (Å²) < 4.78 is 14.5. The van der Waals surface area contributed by atoms with Gasteiger partial charge in [-0.3, -0.25) is 4.79 Å². The Kier molecular flexibility index (Phi) is 7.75. The average molecular weight is 540 g/mol. The zero-order valence-electron chi connectivity index (χ0n) is 20.4. The minimum atomic E-state index is -0.515. The lowest BCUT2D eigenvalue weighted by atomic mass is 9.94. The van der Waals surface area contributed by atoms with E-state index in [-0.39, 0.29) is 5.91 Å². The largest absolute Gasteiger partial charge is 0.490 e. The molecule has 1 aliphatic heterocycles. The number of nitrogens with one attached hydrogen (secondary N) is 2. The molecule has 1 atom stereocenters. The molecule has 0 aliphatic carbocycles. The number of unbranched alkanes of at least 4 members (excludes halogenated alkanes) is 1. The second kappa shape index (κ2) is 10.9. The monoisotopic (exact) mass is 539 g/mol. The molecule has 2 heterocycles. The maximum absolute atomic E-state index is 13.6. The molecule has 0 radical (unpaired) electrons. The Morgan fingerprint density at radius 1 is 1.20 bits per heavy atom. The van der Waals surface area contributed by atoms with E-state index in [1.807, 2.05) is 57.2 Å². The number of allylic oxidation sites excluding steroid dienone is 1.